The molecule has 9 unspecified atom stereocenters. The fourth-order valence-electron chi connectivity index (χ4n) is 17.9. The monoisotopic (exact) mass is 1850 g/mol. The van der Waals surface area contributed by atoms with Crippen molar-refractivity contribution in [2.45, 2.75) is 200 Å². The molecule has 2 saturated carbocycles. The third-order valence-corrected chi connectivity index (χ3v) is 25.5. The summed E-state index contributed by atoms with van der Waals surface area (Å²) in [5.41, 5.74) is 1.76. The van der Waals surface area contributed by atoms with Crippen LogP contribution in [0.2, 0.25) is 10.0 Å². The molecule has 7 heterocycles. The summed E-state index contributed by atoms with van der Waals surface area (Å²) in [6.45, 7) is 4.57. The number of halogens is 5. The lowest BCUT2D eigenvalue weighted by atomic mass is 9.44. The standard InChI is InChI=1S/C88H97Cl2F3N10O27/c1-33(2)20-49(95-5)79(117)102-67-69(109)40-13-18-53(47(89)22-40)126-55-24-42-25-56(76(55)130-86-77(75(115)73(113)59(32-105)129-86)128-57-28-87(62(57)34(3)78(87)116)97-29-36-6-8-37(9-7-36)38-10-15-43(16-11-38)88(91,92)93)127-54-19-14-41(23-48(54)90)70(110)68-84(122)101-66(85(123)124)45-26-52(107)46(30-96-63-35(4)125-58(31-104)72(112)74(63)114)71(111)61(45)44-21-39(12-17-51(44)106)64(81(119)103-68)100-82(120)65(42)99-80(118)50(27-60(94)108)98-83(67)121/h6-19,21-26,33-35,49-50,57-59,62-70,72-75,77-78,86,95-97,104-107,109-116H,20,27-32H2,1-5H3,(H2,94,108)(H,98,121)(H,99,118)(H,100,120)(H,101,122)(H,102,117)(H,103,119)(H,123,124)/t34-,35+,49-,50?,57+,58?,59-,62?,63?,64+,65-,66+,67-,68+,69-,70-,72+,73?,74?,75?,77-,78-,86?,87?/m1/s1. The maximum Gasteiger partial charge on any atom is 0.416 e. The maximum absolute atomic E-state index is 16.5. The number of hydrogen-bond donors (Lipinski definition) is 23. The Morgan fingerprint density at radius 1 is 0.646 bits per heavy atom. The topological polar surface area (TPSA) is 589 Å². The summed E-state index contributed by atoms with van der Waals surface area (Å²) in [5, 5.41) is 175. The molecule has 24 atom stereocenters. The summed E-state index contributed by atoms with van der Waals surface area (Å²) in [6.07, 6.45) is -27.1. The molecule has 0 spiro atoms. The number of carbonyl (C=O) groups is 8. The Morgan fingerprint density at radius 3 is 1.82 bits per heavy atom. The van der Waals surface area contributed by atoms with E-state index in [1.54, 1.807) is 45.0 Å². The fraction of sp³-hybridized carbons (Fsp3) is 0.432. The molecule has 7 aromatic carbocycles. The van der Waals surface area contributed by atoms with E-state index >= 15 is 24.0 Å². The van der Waals surface area contributed by atoms with E-state index in [-0.39, 0.29) is 42.2 Å². The number of benzene rings is 7. The number of carboxylic acids is 1. The normalized spacial score (nSPS) is 29.9. The molecule has 696 valence electrons. The Balaban J connectivity index is 0.917. The summed E-state index contributed by atoms with van der Waals surface area (Å²) in [5.74, 6) is -18.3. The third kappa shape index (κ3) is 18.9. The molecule has 11 bridgehead atoms. The largest absolute Gasteiger partial charge is 0.507 e. The van der Waals surface area contributed by atoms with Crippen LogP contribution in [0.1, 0.15) is 122 Å². The van der Waals surface area contributed by atoms with E-state index in [0.29, 0.717) is 16.7 Å². The number of nitrogens with one attached hydrogen (secondary N) is 9. The van der Waals surface area contributed by atoms with Crippen LogP contribution in [0.25, 0.3) is 22.3 Å². The molecule has 0 aromatic heterocycles. The first-order valence-electron chi connectivity index (χ1n) is 41.5. The zero-order valence-corrected chi connectivity index (χ0v) is 71.4. The van der Waals surface area contributed by atoms with Gasteiger partial charge in [0.15, 0.2) is 17.5 Å². The van der Waals surface area contributed by atoms with Crippen LogP contribution in [-0.4, -0.2) is 237 Å². The highest BCUT2D eigenvalue weighted by molar-refractivity contribution is 6.32. The molecule has 2 aliphatic carbocycles. The highest BCUT2D eigenvalue weighted by atomic mass is 35.5. The number of rotatable bonds is 21. The van der Waals surface area contributed by atoms with E-state index < -0.39 is 314 Å². The Hall–Kier alpha value is -11.1. The molecule has 2 saturated heterocycles. The van der Waals surface area contributed by atoms with Crippen molar-refractivity contribution in [3.8, 4) is 68.2 Å². The fourth-order valence-corrected chi connectivity index (χ4v) is 18.4. The zero-order chi connectivity index (χ0) is 93.9. The van der Waals surface area contributed by atoms with Crippen molar-refractivity contribution in [2.75, 3.05) is 20.3 Å². The first kappa shape index (κ1) is 95.0. The van der Waals surface area contributed by atoms with Crippen LogP contribution in [0.15, 0.2) is 121 Å². The SMILES string of the molecule is CN[C@H](CC(C)C)C(=O)N[C@H]1C(=O)NC(CC(N)=O)C(=O)N[C@H]2C(=O)N[C@@H]3C(=O)N[C@H](C(=O)N[C@H](C(=O)O)c4cc(O)c(CNC5C(O)[C@@H](O)C(CO)O[C@H]5C)c(O)c4-c4cc3ccc4O)[C@H](O)c3ccc(c(Cl)c3)Oc3cc2cc(c3OC2O[C@H](CO)C(O)C(O)[C@H]2O[C@H]2CC3(NCc4ccc(-c5ccc(C(F)(F)F)cc5)cc4)C2[C@@H](C)[C@H]3O)Oc2ccc(cc2Cl)[C@H]1O. The van der Waals surface area contributed by atoms with Gasteiger partial charge in [0.2, 0.25) is 53.4 Å². The van der Waals surface area contributed by atoms with Gasteiger partial charge in [0.05, 0.1) is 76.7 Å². The molecule has 4 fully saturated rings. The first-order chi connectivity index (χ1) is 61.6. The predicted octanol–water partition coefficient (Wildman–Crippen LogP) is 2.47. The van der Waals surface area contributed by atoms with E-state index in [1.807, 2.05) is 0 Å². The van der Waals surface area contributed by atoms with Crippen molar-refractivity contribution in [3.05, 3.63) is 176 Å². The van der Waals surface area contributed by atoms with Crippen LogP contribution in [0, 0.1) is 17.8 Å². The number of phenols is 3. The summed E-state index contributed by atoms with van der Waals surface area (Å²) in [4.78, 5) is 120. The third-order valence-electron chi connectivity index (χ3n) is 24.9. The number of aliphatic carboxylic acids is 1. The second-order valence-corrected chi connectivity index (χ2v) is 34.5. The number of fused-ring (bicyclic) bond motifs is 16. The van der Waals surface area contributed by atoms with Crippen molar-refractivity contribution in [2.24, 2.45) is 23.5 Å². The lowest BCUT2D eigenvalue weighted by Gasteiger charge is -2.69. The van der Waals surface area contributed by atoms with Gasteiger partial charge in [0.1, 0.15) is 114 Å². The van der Waals surface area contributed by atoms with Crippen LogP contribution in [0.5, 0.6) is 46.0 Å². The number of aromatic hydroxyl groups is 3. The van der Waals surface area contributed by atoms with Gasteiger partial charge >= 0.3 is 12.1 Å². The van der Waals surface area contributed by atoms with Crippen LogP contribution in [0.4, 0.5) is 13.2 Å². The van der Waals surface area contributed by atoms with E-state index in [9.17, 15) is 93.9 Å². The molecular formula is C88H97Cl2F3N10O27. The number of primary amides is 1. The average molecular weight is 1850 g/mol. The summed E-state index contributed by atoms with van der Waals surface area (Å²) >= 11 is 14.4. The van der Waals surface area contributed by atoms with Gasteiger partial charge < -0.3 is 148 Å². The quantitative estimate of drug-likeness (QED) is 0.0491. The number of aliphatic hydroxyl groups excluding tert-OH is 9. The van der Waals surface area contributed by atoms with Crippen molar-refractivity contribution >= 4 is 70.5 Å². The zero-order valence-electron chi connectivity index (χ0n) is 69.8. The molecule has 0 radical (unpaired) electrons. The molecule has 42 heteroatoms. The van der Waals surface area contributed by atoms with E-state index in [1.165, 1.54) is 38.2 Å². The number of alkyl halides is 3. The minimum atomic E-state index is -4.55. The van der Waals surface area contributed by atoms with Gasteiger partial charge in [0, 0.05) is 35.7 Å². The van der Waals surface area contributed by atoms with Gasteiger partial charge in [-0.1, -0.05) is 98.6 Å². The minimum Gasteiger partial charge on any atom is -0.507 e. The van der Waals surface area contributed by atoms with Gasteiger partial charge in [-0.25, -0.2) is 4.79 Å². The minimum absolute atomic E-state index is 0.0188. The van der Waals surface area contributed by atoms with Gasteiger partial charge in [-0.15, -0.1) is 0 Å². The second kappa shape index (κ2) is 38.4. The Labute approximate surface area is 748 Å². The molecule has 7 amide bonds. The second-order valence-electron chi connectivity index (χ2n) is 33.7. The van der Waals surface area contributed by atoms with E-state index in [0.717, 1.165) is 72.8 Å². The van der Waals surface area contributed by atoms with E-state index in [4.69, 9.17) is 57.4 Å². The van der Waals surface area contributed by atoms with Crippen LogP contribution in [0.3, 0.4) is 0 Å². The summed E-state index contributed by atoms with van der Waals surface area (Å²) in [7, 11) is 1.46. The number of carboxylic acid groups (broad SMARTS) is 1. The molecule has 37 nitrogen and oxygen atoms in total. The van der Waals surface area contributed by atoms with Crippen molar-refractivity contribution in [3.63, 3.8) is 0 Å². The number of carbonyl (C=O) groups excluding carboxylic acids is 7. The van der Waals surface area contributed by atoms with Crippen LogP contribution >= 0.6 is 23.2 Å². The number of phenolic OH excluding ortho intramolecular Hbond substituents is 3. The maximum atomic E-state index is 16.5. The number of amides is 7. The Morgan fingerprint density at radius 2 is 1.23 bits per heavy atom. The summed E-state index contributed by atoms with van der Waals surface area (Å²) < 4.78 is 79.5. The number of likely N-dealkylation sites (N-methyl/N-ethyl adjacent to an activating group) is 1. The van der Waals surface area contributed by atoms with E-state index in [2.05, 4.69) is 47.9 Å². The molecular weight excluding hydrogens is 1760 g/mol. The molecule has 7 aromatic rings. The molecule has 9 aliphatic rings. The summed E-state index contributed by atoms with van der Waals surface area (Å²) in [6, 6.07) is 7.86. The molecule has 16 rings (SSSR count). The van der Waals surface area contributed by atoms with Crippen LogP contribution < -0.4 is 67.8 Å². The number of nitrogens with two attached hydrogens (primary N) is 1. The van der Waals surface area contributed by atoms with Gasteiger partial charge in [0.25, 0.3) is 0 Å². The molecule has 24 N–H and O–H groups in total. The molecule has 7 aliphatic heterocycles. The predicted molar refractivity (Wildman–Crippen MR) is 449 cm³/mol. The Bertz CT molecular complexity index is 5500. The Kier molecular flexibility index (Phi) is 28.0. The van der Waals surface area contributed by atoms with Gasteiger partial charge in [-0.05, 0) is 144 Å². The number of ether oxygens (including phenoxy) is 6. The number of aliphatic hydroxyl groups is 9. The van der Waals surface area contributed by atoms with Crippen molar-refractivity contribution in [1.82, 2.24) is 47.9 Å². The molecule has 130 heavy (non-hydrogen) atoms. The lowest BCUT2D eigenvalue weighted by molar-refractivity contribution is -0.333. The van der Waals surface area contributed by atoms with Crippen LogP contribution in [-0.2, 0) is 71.8 Å². The van der Waals surface area contributed by atoms with Crippen molar-refractivity contribution in [1.29, 1.82) is 0 Å². The number of hydrogen-bond acceptors (Lipinski definition) is 29. The first-order valence-corrected chi connectivity index (χ1v) is 42.3. The lowest BCUT2D eigenvalue weighted by Crippen LogP contribution is -2.83. The average Bonchev–Trinajstić information content (AvgIpc) is 0.678. The highest BCUT2D eigenvalue weighted by Crippen LogP contribution is 2.60. The highest BCUT2D eigenvalue weighted by Gasteiger charge is 2.71. The van der Waals surface area contributed by atoms with Gasteiger partial charge in [-0.3, -0.25) is 33.6 Å². The smallest absolute Gasteiger partial charge is 0.416 e. The van der Waals surface area contributed by atoms with Gasteiger partial charge in [-0.2, -0.15) is 13.2 Å². The van der Waals surface area contributed by atoms with Crippen molar-refractivity contribution < 1.29 is 146 Å².